The second-order valence-corrected chi connectivity index (χ2v) is 8.10. The van der Waals surface area contributed by atoms with E-state index >= 15 is 0 Å². The van der Waals surface area contributed by atoms with Gasteiger partial charge < -0.3 is 20.2 Å². The van der Waals surface area contributed by atoms with Crippen molar-refractivity contribution in [3.05, 3.63) is 47.0 Å². The van der Waals surface area contributed by atoms with Crippen molar-refractivity contribution in [3.63, 3.8) is 0 Å². The van der Waals surface area contributed by atoms with Gasteiger partial charge in [0.15, 0.2) is 0 Å². The lowest BCUT2D eigenvalue weighted by atomic mass is 9.87. The molecule has 2 aromatic rings. The van der Waals surface area contributed by atoms with Crippen molar-refractivity contribution >= 4 is 28.6 Å². The number of benzene rings is 2. The molecule has 0 radical (unpaired) electrons. The van der Waals surface area contributed by atoms with Crippen LogP contribution in [0.4, 0.5) is 5.69 Å². The highest BCUT2D eigenvalue weighted by Gasteiger charge is 2.32. The molecule has 0 aromatic heterocycles. The largest absolute Gasteiger partial charge is 0.508 e. The van der Waals surface area contributed by atoms with Crippen LogP contribution in [0.1, 0.15) is 55.7 Å². The highest BCUT2D eigenvalue weighted by atomic mass is 32.1. The average molecular weight is 414 g/mol. The zero-order valence-electron chi connectivity index (χ0n) is 17.1. The smallest absolute Gasteiger partial charge is 0.138 e. The fourth-order valence-corrected chi connectivity index (χ4v) is 3.93. The molecule has 0 saturated carbocycles. The number of thiocarbonyl (C=S) groups is 1. The Morgan fingerprint density at radius 1 is 1.10 bits per heavy atom. The summed E-state index contributed by atoms with van der Waals surface area (Å²) in [5.41, 5.74) is 6.30. The third-order valence-electron chi connectivity index (χ3n) is 5.17. The molecule has 0 amide bonds. The summed E-state index contributed by atoms with van der Waals surface area (Å²) in [4.78, 5) is 2.52. The monoisotopic (exact) mass is 413 g/mol. The molecule has 154 valence electrons. The van der Waals surface area contributed by atoms with E-state index in [-0.39, 0.29) is 29.1 Å². The van der Waals surface area contributed by atoms with E-state index in [2.05, 4.69) is 17.5 Å². The third kappa shape index (κ3) is 4.00. The zero-order valence-corrected chi connectivity index (χ0v) is 17.9. The van der Waals surface area contributed by atoms with Gasteiger partial charge in [0.05, 0.1) is 17.3 Å². The SMILES string of the molecule is CCCN(C)c1cc(C2C(=S)NN=C2c2cc(C(C)C)c(O)cc2O)ccc1O. The minimum Gasteiger partial charge on any atom is -0.508 e. The van der Waals surface area contributed by atoms with Gasteiger partial charge in [0.25, 0.3) is 0 Å². The van der Waals surface area contributed by atoms with Crippen molar-refractivity contribution in [1.82, 2.24) is 5.43 Å². The summed E-state index contributed by atoms with van der Waals surface area (Å²) < 4.78 is 0. The van der Waals surface area contributed by atoms with Crippen LogP contribution in [0.5, 0.6) is 17.2 Å². The number of rotatable bonds is 6. The van der Waals surface area contributed by atoms with Gasteiger partial charge >= 0.3 is 0 Å². The van der Waals surface area contributed by atoms with E-state index in [1.807, 2.05) is 37.9 Å². The van der Waals surface area contributed by atoms with Crippen LogP contribution in [-0.4, -0.2) is 39.6 Å². The minimum atomic E-state index is -0.366. The summed E-state index contributed by atoms with van der Waals surface area (Å²) in [7, 11) is 1.93. The normalized spacial score (nSPS) is 16.1. The predicted octanol–water partition coefficient (Wildman–Crippen LogP) is 4.19. The Kier molecular flexibility index (Phi) is 5.98. The van der Waals surface area contributed by atoms with E-state index in [0.29, 0.717) is 16.3 Å². The zero-order chi connectivity index (χ0) is 21.3. The van der Waals surface area contributed by atoms with E-state index in [1.54, 1.807) is 12.1 Å². The maximum absolute atomic E-state index is 10.5. The summed E-state index contributed by atoms with van der Waals surface area (Å²) in [5.74, 6) is -0.0774. The topological polar surface area (TPSA) is 88.3 Å². The number of hydrogen-bond acceptors (Lipinski definition) is 6. The Morgan fingerprint density at radius 2 is 1.83 bits per heavy atom. The highest BCUT2D eigenvalue weighted by molar-refractivity contribution is 7.80. The van der Waals surface area contributed by atoms with Gasteiger partial charge in [0, 0.05) is 25.2 Å². The van der Waals surface area contributed by atoms with Crippen LogP contribution in [0.15, 0.2) is 35.4 Å². The lowest BCUT2D eigenvalue weighted by Gasteiger charge is -2.22. The quantitative estimate of drug-likeness (QED) is 0.531. The molecule has 1 atom stereocenters. The second-order valence-electron chi connectivity index (χ2n) is 7.66. The first-order valence-electron chi connectivity index (χ1n) is 9.72. The summed E-state index contributed by atoms with van der Waals surface area (Å²) in [6.07, 6.45) is 0.954. The van der Waals surface area contributed by atoms with Crippen molar-refractivity contribution in [2.24, 2.45) is 5.10 Å². The number of hydrogen-bond donors (Lipinski definition) is 4. The molecule has 6 nitrogen and oxygen atoms in total. The fourth-order valence-electron chi connectivity index (χ4n) is 3.64. The van der Waals surface area contributed by atoms with Crippen LogP contribution < -0.4 is 10.3 Å². The lowest BCUT2D eigenvalue weighted by molar-refractivity contribution is 0.443. The van der Waals surface area contributed by atoms with E-state index in [0.717, 1.165) is 29.8 Å². The Balaban J connectivity index is 2.07. The molecule has 29 heavy (non-hydrogen) atoms. The molecule has 0 spiro atoms. The molecule has 1 heterocycles. The van der Waals surface area contributed by atoms with E-state index in [9.17, 15) is 15.3 Å². The van der Waals surface area contributed by atoms with Gasteiger partial charge in [0.1, 0.15) is 22.2 Å². The number of hydrazone groups is 1. The van der Waals surface area contributed by atoms with Crippen LogP contribution in [0.25, 0.3) is 0 Å². The second kappa shape index (κ2) is 8.29. The number of aromatic hydroxyl groups is 3. The summed E-state index contributed by atoms with van der Waals surface area (Å²) in [6, 6.07) is 8.50. The van der Waals surface area contributed by atoms with Gasteiger partial charge in [-0.1, -0.05) is 39.1 Å². The summed E-state index contributed by atoms with van der Waals surface area (Å²) in [6.45, 7) is 6.84. The van der Waals surface area contributed by atoms with Crippen molar-refractivity contribution in [2.75, 3.05) is 18.5 Å². The van der Waals surface area contributed by atoms with Gasteiger partial charge in [-0.25, -0.2) is 0 Å². The van der Waals surface area contributed by atoms with Crippen LogP contribution >= 0.6 is 12.2 Å². The van der Waals surface area contributed by atoms with Gasteiger partial charge in [-0.2, -0.15) is 5.10 Å². The molecule has 4 N–H and O–H groups in total. The Labute approximate surface area is 176 Å². The van der Waals surface area contributed by atoms with E-state index < -0.39 is 0 Å². The van der Waals surface area contributed by atoms with Crippen molar-refractivity contribution in [1.29, 1.82) is 0 Å². The van der Waals surface area contributed by atoms with Gasteiger partial charge in [-0.15, -0.1) is 0 Å². The van der Waals surface area contributed by atoms with Gasteiger partial charge in [-0.05, 0) is 41.7 Å². The Morgan fingerprint density at radius 3 is 2.48 bits per heavy atom. The van der Waals surface area contributed by atoms with Crippen LogP contribution in [0.2, 0.25) is 0 Å². The average Bonchev–Trinajstić information content (AvgIpc) is 3.03. The highest BCUT2D eigenvalue weighted by Crippen LogP contribution is 2.38. The minimum absolute atomic E-state index is 0.0516. The maximum Gasteiger partial charge on any atom is 0.138 e. The van der Waals surface area contributed by atoms with E-state index in [1.165, 1.54) is 6.07 Å². The van der Waals surface area contributed by atoms with Crippen molar-refractivity contribution in [2.45, 2.75) is 39.0 Å². The number of nitrogens with one attached hydrogen (secondary N) is 1. The van der Waals surface area contributed by atoms with Crippen LogP contribution in [-0.2, 0) is 0 Å². The number of phenols is 3. The molecular formula is C22H27N3O3S. The molecule has 0 aliphatic carbocycles. The molecule has 0 saturated heterocycles. The standard InChI is InChI=1S/C22H27N3O3S/c1-5-8-25(4)16-9-13(6-7-17(16)26)20-21(23-24-22(20)29)15-10-14(12(2)3)18(27)11-19(15)28/h6-7,9-12,20,26-28H,5,8H2,1-4H3,(H,24,29). The first kappa shape index (κ1) is 20.9. The Bertz CT molecular complexity index is 972. The van der Waals surface area contributed by atoms with Crippen molar-refractivity contribution < 1.29 is 15.3 Å². The molecule has 1 aliphatic heterocycles. The molecule has 7 heteroatoms. The number of anilines is 1. The first-order chi connectivity index (χ1) is 13.7. The molecule has 1 aliphatic rings. The van der Waals surface area contributed by atoms with Crippen molar-refractivity contribution in [3.8, 4) is 17.2 Å². The number of phenolic OH excluding ortho intramolecular Hbond substituents is 3. The fraction of sp³-hybridized carbons (Fsp3) is 0.364. The van der Waals surface area contributed by atoms with E-state index in [4.69, 9.17) is 12.2 Å². The predicted molar refractivity (Wildman–Crippen MR) is 121 cm³/mol. The Hall–Kier alpha value is -2.80. The van der Waals surface area contributed by atoms with Crippen LogP contribution in [0.3, 0.4) is 0 Å². The van der Waals surface area contributed by atoms with Gasteiger partial charge in [0.2, 0.25) is 0 Å². The summed E-state index contributed by atoms with van der Waals surface area (Å²) in [5, 5.41) is 35.4. The third-order valence-corrected chi connectivity index (χ3v) is 5.50. The van der Waals surface area contributed by atoms with Crippen LogP contribution in [0, 0.1) is 0 Å². The molecule has 0 bridgehead atoms. The lowest BCUT2D eigenvalue weighted by Crippen LogP contribution is -2.22. The first-order valence-corrected chi connectivity index (χ1v) is 10.1. The van der Waals surface area contributed by atoms with Gasteiger partial charge in [-0.3, -0.25) is 5.43 Å². The molecular weight excluding hydrogens is 386 g/mol. The molecule has 0 fully saturated rings. The molecule has 2 aromatic carbocycles. The summed E-state index contributed by atoms with van der Waals surface area (Å²) >= 11 is 5.51. The molecule has 3 rings (SSSR count). The molecule has 1 unspecified atom stereocenters. The number of nitrogens with zero attached hydrogens (tertiary/aromatic N) is 2. The maximum atomic E-state index is 10.5.